The van der Waals surface area contributed by atoms with E-state index in [1.54, 1.807) is 12.5 Å². The number of amides is 1. The lowest BCUT2D eigenvalue weighted by atomic mass is 9.79. The summed E-state index contributed by atoms with van der Waals surface area (Å²) in [6.45, 7) is 15.5. The van der Waals surface area contributed by atoms with Gasteiger partial charge in [0, 0.05) is 35.9 Å². The number of nitrogens with zero attached hydrogens (tertiary/aromatic N) is 5. The van der Waals surface area contributed by atoms with Crippen molar-refractivity contribution in [2.45, 2.75) is 77.7 Å². The van der Waals surface area contributed by atoms with Crippen molar-refractivity contribution in [2.24, 2.45) is 0 Å². The normalized spacial score (nSPS) is 15.5. The van der Waals surface area contributed by atoms with E-state index in [1.165, 1.54) is 21.6 Å². The summed E-state index contributed by atoms with van der Waals surface area (Å²) in [6, 6.07) is 10.8. The summed E-state index contributed by atoms with van der Waals surface area (Å²) in [5.74, 6) is 0.585. The van der Waals surface area contributed by atoms with E-state index in [0.717, 1.165) is 36.5 Å². The standard InChI is InChI=1S/C30H37N5OS/c1-29(2,3)22-14-21(15-23(16-22)30(4,5)6)28-32-17-25(37-28)20-9-12-34(13-10-20)26(36)18-35-19-33-27-24(35)8-7-11-31-27/h7-8,11,14-17,19-20H,9-10,12-13,18H2,1-6H3. The largest absolute Gasteiger partial charge is 0.341 e. The second-order valence-corrected chi connectivity index (χ2v) is 13.3. The van der Waals surface area contributed by atoms with E-state index in [1.807, 2.05) is 32.9 Å². The van der Waals surface area contributed by atoms with Crippen LogP contribution in [-0.2, 0) is 22.2 Å². The predicted octanol–water partition coefficient (Wildman–Crippen LogP) is 6.56. The summed E-state index contributed by atoms with van der Waals surface area (Å²) in [5, 5.41) is 1.09. The Morgan fingerprint density at radius 3 is 2.30 bits per heavy atom. The third-order valence-electron chi connectivity index (χ3n) is 7.39. The number of hydrogen-bond donors (Lipinski definition) is 0. The van der Waals surface area contributed by atoms with Crippen LogP contribution in [0, 0.1) is 0 Å². The lowest BCUT2D eigenvalue weighted by Crippen LogP contribution is -2.39. The number of carbonyl (C=O) groups excluding carboxylic acids is 1. The average Bonchev–Trinajstić information content (AvgIpc) is 3.51. The number of piperidine rings is 1. The summed E-state index contributed by atoms with van der Waals surface area (Å²) < 4.78 is 1.89. The van der Waals surface area contributed by atoms with E-state index in [9.17, 15) is 4.79 Å². The van der Waals surface area contributed by atoms with Gasteiger partial charge in [0.05, 0.1) is 11.8 Å². The van der Waals surface area contributed by atoms with Gasteiger partial charge < -0.3 is 9.47 Å². The quantitative estimate of drug-likeness (QED) is 0.309. The summed E-state index contributed by atoms with van der Waals surface area (Å²) >= 11 is 1.81. The van der Waals surface area contributed by atoms with E-state index in [-0.39, 0.29) is 16.7 Å². The summed E-state index contributed by atoms with van der Waals surface area (Å²) in [7, 11) is 0. The minimum atomic E-state index is 0.0784. The van der Waals surface area contributed by atoms with Crippen LogP contribution in [0.2, 0.25) is 0 Å². The van der Waals surface area contributed by atoms with Crippen molar-refractivity contribution in [2.75, 3.05) is 13.1 Å². The van der Waals surface area contributed by atoms with Crippen molar-refractivity contribution >= 4 is 28.4 Å². The maximum atomic E-state index is 13.0. The first-order chi connectivity index (χ1) is 17.5. The molecule has 1 saturated heterocycles. The molecule has 0 N–H and O–H groups in total. The van der Waals surface area contributed by atoms with E-state index in [0.29, 0.717) is 18.1 Å². The van der Waals surface area contributed by atoms with Crippen molar-refractivity contribution in [3.05, 3.63) is 65.1 Å². The summed E-state index contributed by atoms with van der Waals surface area (Å²) in [6.07, 6.45) is 7.43. The fourth-order valence-electron chi connectivity index (χ4n) is 4.91. The molecule has 0 saturated carbocycles. The first kappa shape index (κ1) is 25.6. The predicted molar refractivity (Wildman–Crippen MR) is 151 cm³/mol. The van der Waals surface area contributed by atoms with Crippen molar-refractivity contribution in [1.29, 1.82) is 0 Å². The van der Waals surface area contributed by atoms with Crippen LogP contribution in [0.15, 0.2) is 49.1 Å². The van der Waals surface area contributed by atoms with Gasteiger partial charge in [-0.25, -0.2) is 15.0 Å². The van der Waals surface area contributed by atoms with Gasteiger partial charge in [0.1, 0.15) is 11.6 Å². The van der Waals surface area contributed by atoms with E-state index < -0.39 is 0 Å². The monoisotopic (exact) mass is 515 g/mol. The van der Waals surface area contributed by atoms with Crippen molar-refractivity contribution in [3.63, 3.8) is 0 Å². The highest BCUT2D eigenvalue weighted by Gasteiger charge is 2.27. The molecule has 6 nitrogen and oxygen atoms in total. The number of likely N-dealkylation sites (tertiary alicyclic amines) is 1. The van der Waals surface area contributed by atoms with Crippen LogP contribution in [0.5, 0.6) is 0 Å². The van der Waals surface area contributed by atoms with E-state index in [2.05, 4.69) is 75.9 Å². The maximum absolute atomic E-state index is 13.0. The van der Waals surface area contributed by atoms with Gasteiger partial charge in [-0.05, 0) is 65.0 Å². The van der Waals surface area contributed by atoms with Crippen LogP contribution in [0.1, 0.15) is 76.3 Å². The highest BCUT2D eigenvalue weighted by molar-refractivity contribution is 7.15. The number of benzene rings is 1. The number of fused-ring (bicyclic) bond motifs is 1. The zero-order chi connectivity index (χ0) is 26.4. The zero-order valence-corrected chi connectivity index (χ0v) is 23.6. The Balaban J connectivity index is 1.27. The van der Waals surface area contributed by atoms with Gasteiger partial charge in [0.2, 0.25) is 5.91 Å². The molecule has 1 aliphatic rings. The molecule has 3 aromatic heterocycles. The number of pyridine rings is 1. The topological polar surface area (TPSA) is 63.9 Å². The first-order valence-electron chi connectivity index (χ1n) is 13.1. The van der Waals surface area contributed by atoms with Crippen LogP contribution in [0.4, 0.5) is 0 Å². The molecule has 1 amide bonds. The Morgan fingerprint density at radius 1 is 0.973 bits per heavy atom. The fourth-order valence-corrected chi connectivity index (χ4v) is 5.98. The molecule has 1 fully saturated rings. The molecule has 0 bridgehead atoms. The molecule has 1 aromatic carbocycles. The molecule has 7 heteroatoms. The lowest BCUT2D eigenvalue weighted by molar-refractivity contribution is -0.132. The molecule has 4 heterocycles. The fraction of sp³-hybridized carbons (Fsp3) is 0.467. The van der Waals surface area contributed by atoms with Gasteiger partial charge in [0.15, 0.2) is 5.65 Å². The Morgan fingerprint density at radius 2 is 1.65 bits per heavy atom. The highest BCUT2D eigenvalue weighted by Crippen LogP contribution is 2.38. The van der Waals surface area contributed by atoms with Gasteiger partial charge in [-0.2, -0.15) is 0 Å². The Labute approximate surface area is 223 Å². The Bertz CT molecular complexity index is 1380. The van der Waals surface area contributed by atoms with Crippen LogP contribution in [0.3, 0.4) is 0 Å². The van der Waals surface area contributed by atoms with Gasteiger partial charge in [-0.15, -0.1) is 11.3 Å². The van der Waals surface area contributed by atoms with Gasteiger partial charge in [-0.3, -0.25) is 4.79 Å². The van der Waals surface area contributed by atoms with Gasteiger partial charge in [-0.1, -0.05) is 47.6 Å². The van der Waals surface area contributed by atoms with Crippen molar-refractivity contribution in [3.8, 4) is 10.6 Å². The third kappa shape index (κ3) is 5.47. The van der Waals surface area contributed by atoms with Crippen LogP contribution >= 0.6 is 11.3 Å². The highest BCUT2D eigenvalue weighted by atomic mass is 32.1. The van der Waals surface area contributed by atoms with E-state index >= 15 is 0 Å². The van der Waals surface area contributed by atoms with E-state index in [4.69, 9.17) is 4.98 Å². The third-order valence-corrected chi connectivity index (χ3v) is 8.60. The molecule has 0 unspecified atom stereocenters. The number of rotatable bonds is 4. The smallest absolute Gasteiger partial charge is 0.242 e. The number of carbonyl (C=O) groups is 1. The minimum absolute atomic E-state index is 0.0784. The average molecular weight is 516 g/mol. The van der Waals surface area contributed by atoms with Gasteiger partial charge >= 0.3 is 0 Å². The molecule has 0 aliphatic carbocycles. The number of aromatic nitrogens is 4. The van der Waals surface area contributed by atoms with Crippen LogP contribution in [-0.4, -0.2) is 43.4 Å². The molecule has 1 aliphatic heterocycles. The second kappa shape index (κ2) is 9.67. The lowest BCUT2D eigenvalue weighted by Gasteiger charge is -2.31. The van der Waals surface area contributed by atoms with Crippen LogP contribution < -0.4 is 0 Å². The molecule has 194 valence electrons. The first-order valence-corrected chi connectivity index (χ1v) is 14.0. The Kier molecular flexibility index (Phi) is 6.69. The van der Waals surface area contributed by atoms with Crippen molar-refractivity contribution < 1.29 is 4.79 Å². The van der Waals surface area contributed by atoms with Crippen molar-refractivity contribution in [1.82, 2.24) is 24.4 Å². The molecule has 0 spiro atoms. The summed E-state index contributed by atoms with van der Waals surface area (Å²) in [4.78, 5) is 29.8. The maximum Gasteiger partial charge on any atom is 0.242 e. The van der Waals surface area contributed by atoms with Crippen LogP contribution in [0.25, 0.3) is 21.7 Å². The second-order valence-electron chi connectivity index (χ2n) is 12.2. The molecule has 5 rings (SSSR count). The zero-order valence-electron chi connectivity index (χ0n) is 22.8. The SMILES string of the molecule is CC(C)(C)c1cc(-c2ncc(C3CCN(C(=O)Cn4cnc5ncccc54)CC3)s2)cc(C(C)(C)C)c1. The number of hydrogen-bond acceptors (Lipinski definition) is 5. The molecular weight excluding hydrogens is 478 g/mol. The number of thiazole rings is 1. The minimum Gasteiger partial charge on any atom is -0.341 e. The Hall–Kier alpha value is -3.06. The molecule has 4 aromatic rings. The molecule has 0 atom stereocenters. The molecule has 37 heavy (non-hydrogen) atoms. The number of imidazole rings is 1. The van der Waals surface area contributed by atoms with Gasteiger partial charge in [0.25, 0.3) is 0 Å². The summed E-state index contributed by atoms with van der Waals surface area (Å²) in [5.41, 5.74) is 5.64. The molecule has 0 radical (unpaired) electrons. The molecular formula is C30H37N5OS.